The highest BCUT2D eigenvalue weighted by molar-refractivity contribution is 7.79. The van der Waals surface area contributed by atoms with E-state index in [1.54, 1.807) is 0 Å². The Bertz CT molecular complexity index is 2070. The normalized spacial score (nSPS) is 16.9. The highest BCUT2D eigenvalue weighted by Gasteiger charge is 2.19. The van der Waals surface area contributed by atoms with Gasteiger partial charge in [-0.3, -0.25) is 8.37 Å². The van der Waals surface area contributed by atoms with Gasteiger partial charge in [-0.2, -0.15) is 0 Å². The topological polar surface area (TPSA) is 55.8 Å². The van der Waals surface area contributed by atoms with E-state index in [0.717, 1.165) is 61.6 Å². The molecule has 0 bridgehead atoms. The van der Waals surface area contributed by atoms with Crippen LogP contribution in [0.3, 0.4) is 0 Å². The summed E-state index contributed by atoms with van der Waals surface area (Å²) in [5.74, 6) is 0.877. The molecule has 0 amide bonds. The second-order valence-electron chi connectivity index (χ2n) is 12.2. The third-order valence-electron chi connectivity index (χ3n) is 9.12. The molecule has 6 aromatic rings. The number of hydrogen-bond acceptors (Lipinski definition) is 5. The van der Waals surface area contributed by atoms with E-state index in [1.165, 1.54) is 16.7 Å². The van der Waals surface area contributed by atoms with Gasteiger partial charge in [0, 0.05) is 17.1 Å². The van der Waals surface area contributed by atoms with Gasteiger partial charge in [-0.1, -0.05) is 84.9 Å². The smallest absolute Gasteiger partial charge is 0.160 e. The van der Waals surface area contributed by atoms with Crippen molar-refractivity contribution in [3.63, 3.8) is 0 Å². The molecule has 2 atom stereocenters. The lowest BCUT2D eigenvalue weighted by molar-refractivity contribution is 0.327. The van der Waals surface area contributed by atoms with Crippen molar-refractivity contribution in [1.29, 1.82) is 0 Å². The van der Waals surface area contributed by atoms with Crippen molar-refractivity contribution >= 4 is 39.2 Å². The summed E-state index contributed by atoms with van der Waals surface area (Å²) in [5.41, 5.74) is 15.6. The van der Waals surface area contributed by atoms with E-state index in [2.05, 4.69) is 139 Å². The van der Waals surface area contributed by atoms with Crippen LogP contribution in [0.4, 0.5) is 17.1 Å². The van der Waals surface area contributed by atoms with Crippen LogP contribution in [0.25, 0.3) is 33.4 Å². The summed E-state index contributed by atoms with van der Waals surface area (Å²) in [5, 5.41) is 0. The third-order valence-corrected chi connectivity index (χ3v) is 11.0. The van der Waals surface area contributed by atoms with Gasteiger partial charge >= 0.3 is 0 Å². The first-order valence-corrected chi connectivity index (χ1v) is 18.4. The zero-order chi connectivity index (χ0) is 32.6. The van der Waals surface area contributed by atoms with Crippen molar-refractivity contribution in [2.45, 2.75) is 31.6 Å². The van der Waals surface area contributed by atoms with Crippen LogP contribution in [-0.4, -0.2) is 8.42 Å². The molecule has 0 spiro atoms. The third kappa shape index (κ3) is 6.18. The first kappa shape index (κ1) is 30.7. The second-order valence-corrected chi connectivity index (χ2v) is 14.4. The summed E-state index contributed by atoms with van der Waals surface area (Å²) in [4.78, 5) is 2.29. The van der Waals surface area contributed by atoms with Crippen LogP contribution in [0, 0.1) is 6.92 Å². The van der Waals surface area contributed by atoms with Gasteiger partial charge < -0.3 is 4.90 Å². The monoisotopic (exact) mass is 667 g/mol. The van der Waals surface area contributed by atoms with Crippen LogP contribution in [0.5, 0.6) is 0 Å². The molecule has 6 aromatic carbocycles. The van der Waals surface area contributed by atoms with E-state index in [4.69, 9.17) is 8.37 Å². The predicted molar refractivity (Wildman–Crippen MR) is 195 cm³/mol. The molecule has 0 aromatic heterocycles. The number of benzene rings is 6. The lowest BCUT2D eigenvalue weighted by Crippen LogP contribution is -2.11. The molecule has 0 N–H and O–H groups in total. The van der Waals surface area contributed by atoms with Crippen LogP contribution in [0.1, 0.15) is 27.8 Å². The number of fused-ring (bicyclic) bond motifs is 2. The molecule has 0 fully saturated rings. The summed E-state index contributed by atoms with van der Waals surface area (Å²) >= 11 is -2.49. The summed E-state index contributed by atoms with van der Waals surface area (Å²) in [6, 6.07) is 47.1. The van der Waals surface area contributed by atoms with Crippen LogP contribution in [0.2, 0.25) is 0 Å². The predicted octanol–water partition coefficient (Wildman–Crippen LogP) is 9.85. The maximum Gasteiger partial charge on any atom is 0.160 e. The Morgan fingerprint density at radius 3 is 1.46 bits per heavy atom. The molecule has 2 unspecified atom stereocenters. The first-order chi connectivity index (χ1) is 23.5. The first-order valence-electron chi connectivity index (χ1n) is 15.9. The summed E-state index contributed by atoms with van der Waals surface area (Å²) in [6.07, 6.45) is 0. The van der Waals surface area contributed by atoms with Crippen molar-refractivity contribution in [2.75, 3.05) is 4.90 Å². The van der Waals surface area contributed by atoms with Crippen molar-refractivity contribution in [3.05, 3.63) is 161 Å². The summed E-state index contributed by atoms with van der Waals surface area (Å²) in [6.45, 7) is 2.91. The summed E-state index contributed by atoms with van der Waals surface area (Å²) < 4.78 is 34.5. The van der Waals surface area contributed by atoms with Crippen LogP contribution in [-0.2, 0) is 55.2 Å². The van der Waals surface area contributed by atoms with Crippen molar-refractivity contribution < 1.29 is 16.8 Å². The zero-order valence-corrected chi connectivity index (χ0v) is 28.1. The number of nitrogens with zero attached hydrogens (tertiary/aromatic N) is 1. The van der Waals surface area contributed by atoms with E-state index in [9.17, 15) is 8.42 Å². The van der Waals surface area contributed by atoms with Gasteiger partial charge in [-0.25, -0.2) is 8.42 Å². The molecule has 7 heteroatoms. The number of anilines is 3. The van der Waals surface area contributed by atoms with Crippen LogP contribution < -0.4 is 4.90 Å². The van der Waals surface area contributed by atoms with E-state index < -0.39 is 22.2 Å². The maximum atomic E-state index is 11.9. The quantitative estimate of drug-likeness (QED) is 0.177. The highest BCUT2D eigenvalue weighted by Crippen LogP contribution is 2.39. The minimum atomic E-state index is -1.25. The fraction of sp³-hybridized carbons (Fsp3) is 0.122. The standard InChI is InChI=1S/C41H33NO4S2/c1-28-21-40(19-20-41(28)31-5-3-2-4-6-31)42(38-15-11-29(12-16-38)32-7-9-34-26-47(43)45-24-36(34)22-32)39-17-13-30(14-18-39)33-8-10-35-27-48(44)46-25-37(35)23-33/h2-23H,24-27H2,1H3. The van der Waals surface area contributed by atoms with Crippen LogP contribution in [0.15, 0.2) is 133 Å². The van der Waals surface area contributed by atoms with Gasteiger partial charge in [-0.15, -0.1) is 0 Å². The lowest BCUT2D eigenvalue weighted by atomic mass is 9.98. The van der Waals surface area contributed by atoms with E-state index in [0.29, 0.717) is 24.7 Å². The zero-order valence-electron chi connectivity index (χ0n) is 26.4. The summed E-state index contributed by atoms with van der Waals surface area (Å²) in [7, 11) is 0. The Balaban J connectivity index is 1.15. The van der Waals surface area contributed by atoms with E-state index >= 15 is 0 Å². The molecule has 2 aliphatic heterocycles. The molecule has 0 saturated carbocycles. The number of hydrogen-bond donors (Lipinski definition) is 0. The molecular weight excluding hydrogens is 635 g/mol. The molecule has 0 aliphatic carbocycles. The fourth-order valence-corrected chi connectivity index (χ4v) is 8.29. The molecule has 238 valence electrons. The van der Waals surface area contributed by atoms with E-state index in [1.807, 2.05) is 6.07 Å². The Kier molecular flexibility index (Phi) is 8.36. The Hall–Kier alpha value is -4.66. The molecule has 5 nitrogen and oxygen atoms in total. The number of aryl methyl sites for hydroxylation is 1. The fourth-order valence-electron chi connectivity index (χ4n) is 6.54. The molecule has 2 heterocycles. The Labute approximate surface area is 286 Å². The highest BCUT2D eigenvalue weighted by atomic mass is 32.2. The average molecular weight is 668 g/mol. The van der Waals surface area contributed by atoms with Crippen LogP contribution >= 0.6 is 0 Å². The molecule has 0 saturated heterocycles. The largest absolute Gasteiger partial charge is 0.310 e. The van der Waals surface area contributed by atoms with E-state index in [-0.39, 0.29) is 0 Å². The minimum Gasteiger partial charge on any atom is -0.310 e. The maximum absolute atomic E-state index is 11.9. The van der Waals surface area contributed by atoms with Gasteiger partial charge in [0.2, 0.25) is 0 Å². The average Bonchev–Trinajstić information content (AvgIpc) is 3.12. The minimum absolute atomic E-state index is 0.371. The molecular formula is C41H33NO4S2. The molecule has 0 radical (unpaired) electrons. The molecule has 48 heavy (non-hydrogen) atoms. The van der Waals surface area contributed by atoms with Gasteiger partial charge in [-0.05, 0) is 117 Å². The second kappa shape index (κ2) is 13.1. The van der Waals surface area contributed by atoms with Crippen molar-refractivity contribution in [3.8, 4) is 33.4 Å². The van der Waals surface area contributed by atoms with Gasteiger partial charge in [0.1, 0.15) is 0 Å². The van der Waals surface area contributed by atoms with Crippen molar-refractivity contribution in [1.82, 2.24) is 0 Å². The lowest BCUT2D eigenvalue weighted by Gasteiger charge is -2.27. The Morgan fingerprint density at radius 1 is 0.479 bits per heavy atom. The number of rotatable bonds is 6. The van der Waals surface area contributed by atoms with Crippen molar-refractivity contribution in [2.24, 2.45) is 0 Å². The van der Waals surface area contributed by atoms with Gasteiger partial charge in [0.05, 0.1) is 24.7 Å². The SMILES string of the molecule is Cc1cc(N(c2ccc(-c3ccc4c(c3)COS(=O)C4)cc2)c2ccc(-c3ccc4c(c3)COS(=O)C4)cc2)ccc1-c1ccccc1. The molecule has 8 rings (SSSR count). The Morgan fingerprint density at radius 2 is 0.958 bits per heavy atom. The molecule has 2 aliphatic rings. The van der Waals surface area contributed by atoms with Gasteiger partial charge in [0.15, 0.2) is 22.2 Å². The van der Waals surface area contributed by atoms with Gasteiger partial charge in [0.25, 0.3) is 0 Å².